The molecule has 0 spiro atoms. The van der Waals surface area contributed by atoms with Gasteiger partial charge in [-0.25, -0.2) is 4.79 Å². The van der Waals surface area contributed by atoms with Gasteiger partial charge in [0.05, 0.1) is 13.2 Å². The summed E-state index contributed by atoms with van der Waals surface area (Å²) in [6, 6.07) is 8.43. The molecule has 0 unspecified atom stereocenters. The third kappa shape index (κ3) is 3.60. The Bertz CT molecular complexity index is 763. The molecular formula is C19H23N3O3. The van der Waals surface area contributed by atoms with Crippen molar-refractivity contribution < 1.29 is 14.6 Å². The fourth-order valence-corrected chi connectivity index (χ4v) is 3.83. The third-order valence-electron chi connectivity index (χ3n) is 5.29. The van der Waals surface area contributed by atoms with Crippen molar-refractivity contribution in [2.45, 2.75) is 38.3 Å². The molecule has 0 bridgehead atoms. The van der Waals surface area contributed by atoms with Crippen LogP contribution in [0.15, 0.2) is 24.3 Å². The van der Waals surface area contributed by atoms with E-state index in [4.69, 9.17) is 9.84 Å². The van der Waals surface area contributed by atoms with Crippen molar-refractivity contribution in [2.24, 2.45) is 0 Å². The van der Waals surface area contributed by atoms with Crippen LogP contribution in [0.5, 0.6) is 0 Å². The Labute approximate surface area is 146 Å². The Morgan fingerprint density at radius 1 is 1.28 bits per heavy atom. The highest BCUT2D eigenvalue weighted by Gasteiger charge is 2.23. The molecule has 1 aromatic carbocycles. The highest BCUT2D eigenvalue weighted by atomic mass is 16.5. The lowest BCUT2D eigenvalue weighted by atomic mass is 9.93. The van der Waals surface area contributed by atoms with Gasteiger partial charge in [0.1, 0.15) is 0 Å². The van der Waals surface area contributed by atoms with Gasteiger partial charge in [-0.2, -0.15) is 5.10 Å². The number of carboxylic acid groups (broad SMARTS) is 1. The molecule has 2 aliphatic rings. The summed E-state index contributed by atoms with van der Waals surface area (Å²) in [5.74, 6) is -0.602. The molecule has 1 fully saturated rings. The van der Waals surface area contributed by atoms with E-state index in [1.165, 1.54) is 16.7 Å². The number of benzene rings is 1. The summed E-state index contributed by atoms with van der Waals surface area (Å²) in [4.78, 5) is 13.4. The summed E-state index contributed by atoms with van der Waals surface area (Å²) in [5, 5.41) is 15.8. The van der Waals surface area contributed by atoms with Crippen molar-refractivity contribution in [3.8, 4) is 0 Å². The number of piperidine rings is 1. The predicted molar refractivity (Wildman–Crippen MR) is 92.6 cm³/mol. The number of fused-ring (bicyclic) bond motifs is 1. The van der Waals surface area contributed by atoms with Gasteiger partial charge in [-0.1, -0.05) is 18.2 Å². The van der Waals surface area contributed by atoms with E-state index in [1.54, 1.807) is 6.07 Å². The van der Waals surface area contributed by atoms with E-state index in [0.29, 0.717) is 5.92 Å². The lowest BCUT2D eigenvalue weighted by Crippen LogP contribution is -2.32. The first kappa shape index (κ1) is 16.3. The van der Waals surface area contributed by atoms with Crippen LogP contribution in [0.3, 0.4) is 0 Å². The average Bonchev–Trinajstić information content (AvgIpc) is 3.13. The maximum Gasteiger partial charge on any atom is 0.356 e. The molecule has 2 aliphatic heterocycles. The van der Waals surface area contributed by atoms with E-state index >= 15 is 0 Å². The molecule has 0 atom stereocenters. The Balaban J connectivity index is 1.35. The fourth-order valence-electron chi connectivity index (χ4n) is 3.83. The van der Waals surface area contributed by atoms with Gasteiger partial charge in [0, 0.05) is 18.2 Å². The number of carboxylic acids is 1. The van der Waals surface area contributed by atoms with Crippen LogP contribution in [-0.2, 0) is 24.3 Å². The molecule has 3 heterocycles. The lowest BCUT2D eigenvalue weighted by molar-refractivity contribution is 0.0690. The Morgan fingerprint density at radius 2 is 2.12 bits per heavy atom. The summed E-state index contributed by atoms with van der Waals surface area (Å²) in [5.41, 5.74) is 5.18. The Hall–Kier alpha value is -2.18. The summed E-state index contributed by atoms with van der Waals surface area (Å²) >= 11 is 0. The van der Waals surface area contributed by atoms with Crippen molar-refractivity contribution in [1.29, 1.82) is 0 Å². The van der Waals surface area contributed by atoms with E-state index in [0.717, 1.165) is 57.8 Å². The summed E-state index contributed by atoms with van der Waals surface area (Å²) in [7, 11) is 0. The van der Waals surface area contributed by atoms with Crippen molar-refractivity contribution >= 4 is 5.97 Å². The zero-order valence-corrected chi connectivity index (χ0v) is 14.2. The van der Waals surface area contributed by atoms with Crippen LogP contribution < -0.4 is 0 Å². The van der Waals surface area contributed by atoms with Crippen LogP contribution in [0.25, 0.3) is 0 Å². The number of H-pyrrole nitrogens is 1. The van der Waals surface area contributed by atoms with Crippen LogP contribution in [-0.4, -0.2) is 45.9 Å². The number of hydrogen-bond donors (Lipinski definition) is 2. The second-order valence-electron chi connectivity index (χ2n) is 6.97. The van der Waals surface area contributed by atoms with Crippen LogP contribution in [0.4, 0.5) is 0 Å². The molecule has 6 heteroatoms. The van der Waals surface area contributed by atoms with Gasteiger partial charge in [-0.05, 0) is 55.1 Å². The topological polar surface area (TPSA) is 78.5 Å². The Kier molecular flexibility index (Phi) is 4.55. The number of ether oxygens (including phenoxy) is 1. The molecule has 0 radical (unpaired) electrons. The lowest BCUT2D eigenvalue weighted by Gasteiger charge is -2.31. The zero-order valence-electron chi connectivity index (χ0n) is 14.2. The van der Waals surface area contributed by atoms with Gasteiger partial charge in [-0.15, -0.1) is 0 Å². The maximum atomic E-state index is 11.0. The van der Waals surface area contributed by atoms with E-state index in [-0.39, 0.29) is 5.69 Å². The van der Waals surface area contributed by atoms with Gasteiger partial charge >= 0.3 is 5.97 Å². The molecule has 132 valence electrons. The molecule has 0 amide bonds. The third-order valence-corrected chi connectivity index (χ3v) is 5.29. The fraction of sp³-hybridized carbons (Fsp3) is 0.474. The number of aromatic amines is 1. The summed E-state index contributed by atoms with van der Waals surface area (Å²) in [6.07, 6.45) is 3.07. The average molecular weight is 341 g/mol. The number of carbonyl (C=O) groups is 1. The highest BCUT2D eigenvalue weighted by molar-refractivity contribution is 5.85. The van der Waals surface area contributed by atoms with Gasteiger partial charge in [-0.3, -0.25) is 10.00 Å². The van der Waals surface area contributed by atoms with Gasteiger partial charge in [0.15, 0.2) is 5.69 Å². The van der Waals surface area contributed by atoms with Crippen LogP contribution >= 0.6 is 0 Å². The van der Waals surface area contributed by atoms with Crippen molar-refractivity contribution in [2.75, 3.05) is 19.7 Å². The first-order valence-electron chi connectivity index (χ1n) is 8.88. The van der Waals surface area contributed by atoms with E-state index in [9.17, 15) is 4.79 Å². The zero-order chi connectivity index (χ0) is 17.2. The first-order chi connectivity index (χ1) is 12.2. The van der Waals surface area contributed by atoms with E-state index in [1.807, 2.05) is 0 Å². The van der Waals surface area contributed by atoms with E-state index < -0.39 is 5.97 Å². The van der Waals surface area contributed by atoms with Crippen molar-refractivity contribution in [3.63, 3.8) is 0 Å². The van der Waals surface area contributed by atoms with Crippen LogP contribution in [0.1, 0.15) is 51.6 Å². The number of likely N-dealkylation sites (tertiary alicyclic amines) is 1. The van der Waals surface area contributed by atoms with Crippen LogP contribution in [0, 0.1) is 0 Å². The van der Waals surface area contributed by atoms with Gasteiger partial charge in [0.2, 0.25) is 0 Å². The largest absolute Gasteiger partial charge is 0.476 e. The molecule has 6 nitrogen and oxygen atoms in total. The molecule has 4 rings (SSSR count). The summed E-state index contributed by atoms with van der Waals surface area (Å²) in [6.45, 7) is 4.58. The molecule has 2 N–H and O–H groups in total. The minimum Gasteiger partial charge on any atom is -0.476 e. The standard InChI is InChI=1S/C19H23N3O3/c23-19(24)18-10-17(20-21-18)14-3-6-22(7-4-14)11-13-1-2-16-12-25-8-5-15(16)9-13/h1-2,9-10,14H,3-8,11-12H2,(H,20,21)(H,23,24). The van der Waals surface area contributed by atoms with Gasteiger partial charge < -0.3 is 9.84 Å². The number of rotatable bonds is 4. The molecular weight excluding hydrogens is 318 g/mol. The molecule has 25 heavy (non-hydrogen) atoms. The normalized spacial score (nSPS) is 18.9. The minimum atomic E-state index is -0.974. The predicted octanol–water partition coefficient (Wildman–Crippen LogP) is 2.56. The quantitative estimate of drug-likeness (QED) is 0.893. The molecule has 1 saturated heterocycles. The SMILES string of the molecule is O=C(O)c1cc(C2CCN(Cc3ccc4c(c3)CCOC4)CC2)[nH]n1. The van der Waals surface area contributed by atoms with Gasteiger partial charge in [0.25, 0.3) is 0 Å². The molecule has 2 aromatic rings. The van der Waals surface area contributed by atoms with Crippen LogP contribution in [0.2, 0.25) is 0 Å². The monoisotopic (exact) mass is 341 g/mol. The second kappa shape index (κ2) is 6.98. The number of aromatic carboxylic acids is 1. The van der Waals surface area contributed by atoms with E-state index in [2.05, 4.69) is 33.3 Å². The molecule has 1 aromatic heterocycles. The maximum absolute atomic E-state index is 11.0. The minimum absolute atomic E-state index is 0.107. The molecule has 0 aliphatic carbocycles. The van der Waals surface area contributed by atoms with Crippen molar-refractivity contribution in [3.05, 3.63) is 52.3 Å². The smallest absolute Gasteiger partial charge is 0.356 e. The second-order valence-corrected chi connectivity index (χ2v) is 6.97. The van der Waals surface area contributed by atoms with Crippen molar-refractivity contribution in [1.82, 2.24) is 15.1 Å². The number of nitrogens with zero attached hydrogens (tertiary/aromatic N) is 2. The first-order valence-corrected chi connectivity index (χ1v) is 8.88. The number of hydrogen-bond acceptors (Lipinski definition) is 4. The Morgan fingerprint density at radius 3 is 2.88 bits per heavy atom. The number of aromatic nitrogens is 2. The summed E-state index contributed by atoms with van der Waals surface area (Å²) < 4.78 is 5.50. The number of nitrogens with one attached hydrogen (secondary N) is 1. The molecule has 0 saturated carbocycles. The highest BCUT2D eigenvalue weighted by Crippen LogP contribution is 2.28.